The zero-order valence-electron chi connectivity index (χ0n) is 19.2. The topological polar surface area (TPSA) is 110 Å². The molecule has 1 heterocycles. The second-order valence-electron chi connectivity index (χ2n) is 7.45. The van der Waals surface area contributed by atoms with E-state index < -0.39 is 15.8 Å². The first-order chi connectivity index (χ1) is 15.9. The number of ether oxygens (including phenoxy) is 6. The van der Waals surface area contributed by atoms with Gasteiger partial charge in [0.05, 0.1) is 40.1 Å². The quantitative estimate of drug-likeness (QED) is 0.517. The van der Waals surface area contributed by atoms with Gasteiger partial charge in [0.25, 0.3) is 0 Å². The maximum absolute atomic E-state index is 12.7. The van der Waals surface area contributed by atoms with Crippen LogP contribution in [0, 0.1) is 0 Å². The molecule has 0 saturated carbocycles. The Balaban J connectivity index is 1.89. The number of methoxy groups -OCH3 is 4. The number of rotatable bonds is 11. The summed E-state index contributed by atoms with van der Waals surface area (Å²) in [7, 11) is 2.23. The highest BCUT2D eigenvalue weighted by Crippen LogP contribution is 2.46. The lowest BCUT2D eigenvalue weighted by Gasteiger charge is -2.19. The first-order valence-electron chi connectivity index (χ1n) is 10.4. The summed E-state index contributed by atoms with van der Waals surface area (Å²) in [6.45, 7) is -0.244. The van der Waals surface area contributed by atoms with E-state index in [0.29, 0.717) is 23.7 Å². The summed E-state index contributed by atoms with van der Waals surface area (Å²) in [6, 6.07) is 8.64. The lowest BCUT2D eigenvalue weighted by Crippen LogP contribution is -2.13. The minimum Gasteiger partial charge on any atom is -0.493 e. The first kappa shape index (κ1) is 25.1. The van der Waals surface area contributed by atoms with E-state index in [1.807, 2.05) is 12.1 Å². The van der Waals surface area contributed by atoms with Gasteiger partial charge in [-0.1, -0.05) is 6.07 Å². The zero-order valence-corrected chi connectivity index (χ0v) is 20.0. The average Bonchev–Trinajstić information content (AvgIpc) is 3.32. The van der Waals surface area contributed by atoms with Crippen molar-refractivity contribution in [1.29, 1.82) is 0 Å². The number of hydrogen-bond donors (Lipinski definition) is 1. The van der Waals surface area contributed by atoms with Crippen molar-refractivity contribution in [3.05, 3.63) is 41.5 Å². The van der Waals surface area contributed by atoms with Crippen LogP contribution in [0.1, 0.15) is 36.2 Å². The van der Waals surface area contributed by atoms with Crippen LogP contribution < -0.4 is 18.9 Å². The van der Waals surface area contributed by atoms with Crippen molar-refractivity contribution in [2.45, 2.75) is 29.9 Å². The Kier molecular flexibility index (Phi) is 8.41. The van der Waals surface area contributed by atoms with Gasteiger partial charge in [0.2, 0.25) is 15.6 Å². The molecule has 0 unspecified atom stereocenters. The molecule has 0 spiro atoms. The molecule has 33 heavy (non-hydrogen) atoms. The van der Waals surface area contributed by atoms with Crippen molar-refractivity contribution in [1.82, 2.24) is 0 Å². The Hall–Kier alpha value is -2.53. The van der Waals surface area contributed by atoms with Gasteiger partial charge < -0.3 is 33.5 Å². The standard InChI is InChI=1S/C23H30O9S/c1-27-14-33(25,26)22-13-15(5-6-19(22)31-10-9-24)17-7-8-18(32-17)16-11-20(28-2)23(30-4)21(12-16)29-3/h5-6,11-13,17-18,24H,7-10,14H2,1-4H3/t17-,18-/m0/s1. The van der Waals surface area contributed by atoms with Crippen molar-refractivity contribution in [3.63, 3.8) is 0 Å². The smallest absolute Gasteiger partial charge is 0.205 e. The van der Waals surface area contributed by atoms with Crippen LogP contribution in [0.4, 0.5) is 0 Å². The third-order valence-electron chi connectivity index (χ3n) is 5.37. The van der Waals surface area contributed by atoms with E-state index in [0.717, 1.165) is 17.5 Å². The van der Waals surface area contributed by atoms with Crippen LogP contribution in [0.25, 0.3) is 0 Å². The van der Waals surface area contributed by atoms with Gasteiger partial charge in [-0.05, 0) is 48.2 Å². The van der Waals surface area contributed by atoms with E-state index in [-0.39, 0.29) is 36.1 Å². The van der Waals surface area contributed by atoms with E-state index in [1.165, 1.54) is 7.11 Å². The van der Waals surface area contributed by atoms with Gasteiger partial charge in [-0.3, -0.25) is 0 Å². The van der Waals surface area contributed by atoms with Crippen molar-refractivity contribution in [3.8, 4) is 23.0 Å². The van der Waals surface area contributed by atoms with E-state index in [9.17, 15) is 8.42 Å². The van der Waals surface area contributed by atoms with Crippen molar-refractivity contribution in [2.75, 3.05) is 47.6 Å². The Morgan fingerprint density at radius 3 is 2.09 bits per heavy atom. The molecule has 1 aliphatic heterocycles. The molecular weight excluding hydrogens is 452 g/mol. The van der Waals surface area contributed by atoms with Crippen LogP contribution in [0.5, 0.6) is 23.0 Å². The Labute approximate surface area is 194 Å². The fourth-order valence-corrected chi connectivity index (χ4v) is 5.06. The molecule has 3 rings (SSSR count). The highest BCUT2D eigenvalue weighted by molar-refractivity contribution is 7.91. The lowest BCUT2D eigenvalue weighted by molar-refractivity contribution is 0.0436. The molecule has 0 amide bonds. The summed E-state index contributed by atoms with van der Waals surface area (Å²) < 4.78 is 58.3. The largest absolute Gasteiger partial charge is 0.493 e. The van der Waals surface area contributed by atoms with Crippen LogP contribution in [0.2, 0.25) is 0 Å². The summed E-state index contributed by atoms with van der Waals surface area (Å²) in [5, 5.41) is 9.05. The summed E-state index contributed by atoms with van der Waals surface area (Å²) in [4.78, 5) is 0.00939. The van der Waals surface area contributed by atoms with Gasteiger partial charge in [-0.25, -0.2) is 8.42 Å². The van der Waals surface area contributed by atoms with Crippen LogP contribution in [0.3, 0.4) is 0 Å². The number of aliphatic hydroxyl groups excluding tert-OH is 1. The van der Waals surface area contributed by atoms with Gasteiger partial charge >= 0.3 is 0 Å². The molecule has 1 aliphatic rings. The van der Waals surface area contributed by atoms with Crippen LogP contribution in [-0.4, -0.2) is 61.1 Å². The molecule has 0 aromatic heterocycles. The highest BCUT2D eigenvalue weighted by Gasteiger charge is 2.31. The SMILES string of the molecule is COCS(=O)(=O)c1cc([C@@H]2CC[C@@H](c3cc(OC)c(OC)c(OC)c3)O2)ccc1OCCO. The van der Waals surface area contributed by atoms with Gasteiger partial charge in [0, 0.05) is 7.11 Å². The number of hydrogen-bond acceptors (Lipinski definition) is 9. The van der Waals surface area contributed by atoms with E-state index >= 15 is 0 Å². The lowest BCUT2D eigenvalue weighted by atomic mass is 10.0. The minimum absolute atomic E-state index is 0.00939. The monoisotopic (exact) mass is 482 g/mol. The molecular formula is C23H30O9S. The first-order valence-corrected chi connectivity index (χ1v) is 12.1. The number of benzene rings is 2. The molecule has 10 heteroatoms. The second-order valence-corrected chi connectivity index (χ2v) is 9.35. The maximum atomic E-state index is 12.7. The van der Waals surface area contributed by atoms with Gasteiger partial charge in [0.15, 0.2) is 17.4 Å². The predicted molar refractivity (Wildman–Crippen MR) is 120 cm³/mol. The predicted octanol–water partition coefficient (Wildman–Crippen LogP) is 3.05. The van der Waals surface area contributed by atoms with Crippen molar-refractivity contribution in [2.24, 2.45) is 0 Å². The molecule has 2 atom stereocenters. The Bertz CT molecular complexity index is 1030. The average molecular weight is 483 g/mol. The third-order valence-corrected chi connectivity index (χ3v) is 6.91. The fraction of sp³-hybridized carbons (Fsp3) is 0.478. The third kappa shape index (κ3) is 5.52. The van der Waals surface area contributed by atoms with E-state index in [4.69, 9.17) is 33.5 Å². The van der Waals surface area contributed by atoms with Gasteiger partial charge in [0.1, 0.15) is 17.3 Å². The van der Waals surface area contributed by atoms with Gasteiger partial charge in [-0.2, -0.15) is 0 Å². The minimum atomic E-state index is -3.75. The summed E-state index contributed by atoms with van der Waals surface area (Å²) in [5.41, 5.74) is 1.60. The molecule has 0 radical (unpaired) electrons. The Morgan fingerprint density at radius 1 is 0.909 bits per heavy atom. The van der Waals surface area contributed by atoms with E-state index in [1.54, 1.807) is 39.5 Å². The molecule has 1 fully saturated rings. The molecule has 2 aromatic rings. The van der Waals surface area contributed by atoms with Crippen molar-refractivity contribution >= 4 is 9.84 Å². The van der Waals surface area contributed by atoms with Gasteiger partial charge in [-0.15, -0.1) is 0 Å². The molecule has 182 valence electrons. The van der Waals surface area contributed by atoms with Crippen molar-refractivity contribution < 1.29 is 41.9 Å². The summed E-state index contributed by atoms with van der Waals surface area (Å²) in [5.74, 6) is 1.27. The zero-order chi connectivity index (χ0) is 24.0. The molecule has 1 saturated heterocycles. The Morgan fingerprint density at radius 2 is 1.55 bits per heavy atom. The molecule has 2 aromatic carbocycles. The van der Waals surface area contributed by atoms with Crippen LogP contribution in [0.15, 0.2) is 35.2 Å². The van der Waals surface area contributed by atoms with E-state index in [2.05, 4.69) is 0 Å². The van der Waals surface area contributed by atoms with Crippen LogP contribution >= 0.6 is 0 Å². The molecule has 9 nitrogen and oxygen atoms in total. The molecule has 1 N–H and O–H groups in total. The normalized spacial score (nSPS) is 18.2. The number of aliphatic hydroxyl groups is 1. The highest BCUT2D eigenvalue weighted by atomic mass is 32.2. The fourth-order valence-electron chi connectivity index (χ4n) is 3.88. The number of sulfone groups is 1. The van der Waals surface area contributed by atoms with Crippen LogP contribution in [-0.2, 0) is 19.3 Å². The molecule has 0 bridgehead atoms. The maximum Gasteiger partial charge on any atom is 0.205 e. The second kappa shape index (κ2) is 11.1. The summed E-state index contributed by atoms with van der Waals surface area (Å²) in [6.07, 6.45) is 0.888. The summed E-state index contributed by atoms with van der Waals surface area (Å²) >= 11 is 0. The molecule has 0 aliphatic carbocycles.